The van der Waals surface area contributed by atoms with Crippen molar-refractivity contribution < 1.29 is 13.5 Å². The molecule has 4 aromatic carbocycles. The highest BCUT2D eigenvalue weighted by atomic mass is 32.2. The molecular formula is C30H27NO3S. The van der Waals surface area contributed by atoms with Crippen molar-refractivity contribution in [3.05, 3.63) is 150 Å². The van der Waals surface area contributed by atoms with Crippen LogP contribution in [0.1, 0.15) is 16.7 Å². The maximum atomic E-state index is 13.2. The van der Waals surface area contributed by atoms with Gasteiger partial charge in [0.1, 0.15) is 6.10 Å². The zero-order valence-corrected chi connectivity index (χ0v) is 20.1. The Hall–Kier alpha value is -3.51. The van der Waals surface area contributed by atoms with Gasteiger partial charge in [-0.15, -0.1) is 0 Å². The summed E-state index contributed by atoms with van der Waals surface area (Å²) < 4.78 is 26.4. The topological polar surface area (TPSA) is 57.4 Å². The van der Waals surface area contributed by atoms with Crippen molar-refractivity contribution in [2.24, 2.45) is 0 Å². The molecule has 4 nitrogen and oxygen atoms in total. The molecule has 1 heterocycles. The molecule has 1 aliphatic heterocycles. The van der Waals surface area contributed by atoms with Crippen LogP contribution in [-0.2, 0) is 15.4 Å². The minimum Gasteiger partial charge on any atom is -0.386 e. The second-order valence-corrected chi connectivity index (χ2v) is 10.8. The van der Waals surface area contributed by atoms with Gasteiger partial charge in [-0.3, -0.25) is 4.90 Å². The molecule has 0 aliphatic carbocycles. The molecule has 4 aromatic rings. The van der Waals surface area contributed by atoms with E-state index in [9.17, 15) is 13.5 Å². The predicted octanol–water partition coefficient (Wildman–Crippen LogP) is 5.01. The molecule has 0 spiro atoms. The summed E-state index contributed by atoms with van der Waals surface area (Å²) in [6.07, 6.45) is -1.24. The van der Waals surface area contributed by atoms with Gasteiger partial charge in [0.25, 0.3) is 0 Å². The first-order chi connectivity index (χ1) is 17.0. The van der Waals surface area contributed by atoms with Crippen molar-refractivity contribution in [1.82, 2.24) is 4.90 Å². The number of aliphatic hydroxyl groups excluding tert-OH is 1. The van der Waals surface area contributed by atoms with Crippen molar-refractivity contribution in [1.29, 1.82) is 0 Å². The van der Waals surface area contributed by atoms with Crippen LogP contribution in [0.2, 0.25) is 0 Å². The smallest absolute Gasteiger partial charge is 0.204 e. The van der Waals surface area contributed by atoms with Crippen LogP contribution >= 0.6 is 0 Å². The van der Waals surface area contributed by atoms with Crippen molar-refractivity contribution in [3.63, 3.8) is 0 Å². The minimum absolute atomic E-state index is 0.136. The summed E-state index contributed by atoms with van der Waals surface area (Å²) in [6.45, 7) is 4.35. The predicted molar refractivity (Wildman–Crippen MR) is 138 cm³/mol. The Morgan fingerprint density at radius 3 is 1.51 bits per heavy atom. The fraction of sp³-hybridized carbons (Fsp3) is 0.133. The van der Waals surface area contributed by atoms with E-state index in [0.29, 0.717) is 6.54 Å². The molecule has 0 amide bonds. The third kappa shape index (κ3) is 4.02. The van der Waals surface area contributed by atoms with Gasteiger partial charge in [-0.05, 0) is 28.8 Å². The van der Waals surface area contributed by atoms with E-state index in [2.05, 4.69) is 47.9 Å². The average Bonchev–Trinajstić information content (AvgIpc) is 3.72. The van der Waals surface area contributed by atoms with Crippen LogP contribution < -0.4 is 0 Å². The largest absolute Gasteiger partial charge is 0.386 e. The molecule has 35 heavy (non-hydrogen) atoms. The maximum Gasteiger partial charge on any atom is 0.204 e. The number of rotatable bonds is 8. The molecule has 0 saturated carbocycles. The molecule has 0 aromatic heterocycles. The van der Waals surface area contributed by atoms with Gasteiger partial charge in [-0.25, -0.2) is 8.42 Å². The van der Waals surface area contributed by atoms with Gasteiger partial charge in [0.2, 0.25) is 9.84 Å². The summed E-state index contributed by atoms with van der Waals surface area (Å²) in [6, 6.07) is 38.2. The molecule has 3 atom stereocenters. The zero-order valence-electron chi connectivity index (χ0n) is 19.2. The monoisotopic (exact) mass is 481 g/mol. The number of aliphatic hydroxyl groups is 1. The van der Waals surface area contributed by atoms with E-state index in [-0.39, 0.29) is 9.80 Å². The molecule has 1 unspecified atom stereocenters. The fourth-order valence-electron chi connectivity index (χ4n) is 4.97. The number of nitrogens with zero attached hydrogens (tertiary/aromatic N) is 1. The van der Waals surface area contributed by atoms with Crippen LogP contribution in [0.3, 0.4) is 0 Å². The Kier molecular flexibility index (Phi) is 6.15. The van der Waals surface area contributed by atoms with Crippen LogP contribution in [0.15, 0.2) is 138 Å². The summed E-state index contributed by atoms with van der Waals surface area (Å²) in [5.41, 5.74) is 2.43. The standard InChI is InChI=1S/C30H27NO3S/c1-23(35(33,34)27-20-12-5-13-21-27)29(32)28-22-31(28)30(24-14-6-2-7-15-24,25-16-8-3-9-17-25)26-18-10-4-11-19-26/h2-21,28-29,32H,1,22H2/t28-,29+,31?/m0/s1. The maximum absolute atomic E-state index is 13.2. The summed E-state index contributed by atoms with van der Waals surface area (Å²) in [4.78, 5) is 2.12. The lowest BCUT2D eigenvalue weighted by Crippen LogP contribution is -2.41. The Labute approximate surface area is 206 Å². The molecule has 0 bridgehead atoms. The van der Waals surface area contributed by atoms with E-state index in [0.717, 1.165) is 16.7 Å². The highest BCUT2D eigenvalue weighted by molar-refractivity contribution is 7.95. The molecular weight excluding hydrogens is 454 g/mol. The Balaban J connectivity index is 1.60. The Bertz CT molecular complexity index is 1310. The van der Waals surface area contributed by atoms with E-state index in [4.69, 9.17) is 0 Å². The van der Waals surface area contributed by atoms with E-state index >= 15 is 0 Å². The van der Waals surface area contributed by atoms with Crippen LogP contribution in [0.4, 0.5) is 0 Å². The number of sulfone groups is 1. The number of hydrogen-bond donors (Lipinski definition) is 1. The van der Waals surface area contributed by atoms with Crippen molar-refractivity contribution >= 4 is 9.84 Å². The lowest BCUT2D eigenvalue weighted by atomic mass is 9.76. The first-order valence-corrected chi connectivity index (χ1v) is 13.1. The molecule has 5 rings (SSSR count). The van der Waals surface area contributed by atoms with Gasteiger partial charge in [0.15, 0.2) is 0 Å². The summed E-state index contributed by atoms with van der Waals surface area (Å²) in [7, 11) is -3.88. The van der Waals surface area contributed by atoms with Crippen LogP contribution in [0.25, 0.3) is 0 Å². The van der Waals surface area contributed by atoms with Crippen LogP contribution in [0.5, 0.6) is 0 Å². The highest BCUT2D eigenvalue weighted by Gasteiger charge is 2.56. The third-order valence-corrected chi connectivity index (χ3v) is 8.57. The fourth-order valence-corrected chi connectivity index (χ4v) is 6.26. The van der Waals surface area contributed by atoms with Crippen molar-refractivity contribution in [2.45, 2.75) is 22.6 Å². The average molecular weight is 482 g/mol. The van der Waals surface area contributed by atoms with Crippen molar-refractivity contribution in [3.8, 4) is 0 Å². The second-order valence-electron chi connectivity index (χ2n) is 8.76. The molecule has 0 radical (unpaired) electrons. The van der Waals surface area contributed by atoms with Gasteiger partial charge in [0, 0.05) is 6.54 Å². The van der Waals surface area contributed by atoms with E-state index < -0.39 is 27.5 Å². The first-order valence-electron chi connectivity index (χ1n) is 11.6. The molecule has 1 saturated heterocycles. The SMILES string of the molecule is C=C([C@@H](O)[C@@H]1CN1C(c1ccccc1)(c1ccccc1)c1ccccc1)S(=O)(=O)c1ccccc1. The van der Waals surface area contributed by atoms with Gasteiger partial charge in [-0.2, -0.15) is 0 Å². The second kappa shape index (κ2) is 9.27. The summed E-state index contributed by atoms with van der Waals surface area (Å²) in [5.74, 6) is 0. The summed E-state index contributed by atoms with van der Waals surface area (Å²) >= 11 is 0. The minimum atomic E-state index is -3.88. The molecule has 1 aliphatic rings. The zero-order chi connectivity index (χ0) is 24.5. The van der Waals surface area contributed by atoms with E-state index in [1.165, 1.54) is 12.1 Å². The molecule has 1 fully saturated rings. The van der Waals surface area contributed by atoms with Gasteiger partial charge >= 0.3 is 0 Å². The van der Waals surface area contributed by atoms with Gasteiger partial charge < -0.3 is 5.11 Å². The van der Waals surface area contributed by atoms with Crippen LogP contribution in [-0.4, -0.2) is 37.1 Å². The number of hydrogen-bond acceptors (Lipinski definition) is 4. The molecule has 5 heteroatoms. The lowest BCUT2D eigenvalue weighted by Gasteiger charge is -2.38. The highest BCUT2D eigenvalue weighted by Crippen LogP contribution is 2.49. The van der Waals surface area contributed by atoms with E-state index in [1.807, 2.05) is 54.6 Å². The first kappa shape index (κ1) is 23.2. The normalized spacial score (nSPS) is 18.5. The Morgan fingerprint density at radius 1 is 0.743 bits per heavy atom. The third-order valence-electron chi connectivity index (χ3n) is 6.75. The summed E-state index contributed by atoms with van der Waals surface area (Å²) in [5, 5.41) is 11.3. The van der Waals surface area contributed by atoms with Gasteiger partial charge in [-0.1, -0.05) is 116 Å². The lowest BCUT2D eigenvalue weighted by molar-refractivity contribution is 0.176. The van der Waals surface area contributed by atoms with Crippen LogP contribution in [0, 0.1) is 0 Å². The van der Waals surface area contributed by atoms with Gasteiger partial charge in [0.05, 0.1) is 21.4 Å². The quantitative estimate of drug-likeness (QED) is 0.284. The Morgan fingerprint density at radius 2 is 1.11 bits per heavy atom. The molecule has 1 N–H and O–H groups in total. The number of benzene rings is 4. The van der Waals surface area contributed by atoms with Crippen molar-refractivity contribution in [2.75, 3.05) is 6.54 Å². The van der Waals surface area contributed by atoms with E-state index in [1.54, 1.807) is 18.2 Å². The molecule has 176 valence electrons.